The van der Waals surface area contributed by atoms with Crippen LogP contribution in [0.5, 0.6) is 0 Å². The highest BCUT2D eigenvalue weighted by atomic mass is 16.5. The van der Waals surface area contributed by atoms with Gasteiger partial charge >= 0.3 is 0 Å². The molecular weight excluding hydrogens is 90.1 g/mol. The van der Waals surface area contributed by atoms with Crippen LogP contribution in [0.3, 0.4) is 0 Å². The highest BCUT2D eigenvalue weighted by Crippen LogP contribution is 2.08. The summed E-state index contributed by atoms with van der Waals surface area (Å²) in [7, 11) is 0. The Morgan fingerprint density at radius 1 is 1.43 bits per heavy atom. The average molecular weight is 99.1 g/mol. The van der Waals surface area contributed by atoms with Crippen LogP contribution in [0.25, 0.3) is 0 Å². The minimum absolute atomic E-state index is 0.464. The first-order valence-electron chi connectivity index (χ1n) is 2.69. The molecule has 1 aliphatic rings. The van der Waals surface area contributed by atoms with Crippen molar-refractivity contribution in [1.82, 2.24) is 5.73 Å². The van der Waals surface area contributed by atoms with Crippen LogP contribution in [0, 0.1) is 0 Å². The van der Waals surface area contributed by atoms with E-state index < -0.39 is 6.23 Å². The quantitative estimate of drug-likeness (QED) is 0.437. The monoisotopic (exact) mass is 99.1 g/mol. The fourth-order valence-electron chi connectivity index (χ4n) is 0.724. The van der Waals surface area contributed by atoms with Crippen molar-refractivity contribution in [2.45, 2.75) is 25.5 Å². The third kappa shape index (κ3) is 1.45. The molecule has 2 heteroatoms. The third-order valence-electron chi connectivity index (χ3n) is 1.16. The zero-order chi connectivity index (χ0) is 5.11. The van der Waals surface area contributed by atoms with Gasteiger partial charge in [-0.15, -0.1) is 5.73 Å². The van der Waals surface area contributed by atoms with Gasteiger partial charge in [0.1, 0.15) is 6.23 Å². The lowest BCUT2D eigenvalue weighted by atomic mass is 10.2. The van der Waals surface area contributed by atoms with E-state index in [9.17, 15) is 0 Å². The fourth-order valence-corrected chi connectivity index (χ4v) is 0.724. The number of ether oxygens (including phenoxy) is 1. The molecule has 0 spiro atoms. The summed E-state index contributed by atoms with van der Waals surface area (Å²) < 4.78 is 4.83. The molecule has 0 aromatic rings. The minimum Gasteiger partial charge on any atom is -0.360 e. The summed E-state index contributed by atoms with van der Waals surface area (Å²) >= 11 is 0. The van der Waals surface area contributed by atoms with E-state index in [0.717, 1.165) is 25.9 Å². The van der Waals surface area contributed by atoms with E-state index in [-0.39, 0.29) is 0 Å². The predicted molar refractivity (Wildman–Crippen MR) is 25.7 cm³/mol. The molecule has 0 aromatic heterocycles. The van der Waals surface area contributed by atoms with Crippen molar-refractivity contribution in [2.75, 3.05) is 6.61 Å². The molecule has 7 heavy (non-hydrogen) atoms. The van der Waals surface area contributed by atoms with Gasteiger partial charge in [-0.1, -0.05) is 0 Å². The van der Waals surface area contributed by atoms with E-state index in [2.05, 4.69) is 0 Å². The molecule has 1 unspecified atom stereocenters. The van der Waals surface area contributed by atoms with Crippen LogP contribution in [0.1, 0.15) is 19.3 Å². The van der Waals surface area contributed by atoms with Crippen LogP contribution in [0.2, 0.25) is 0 Å². The second kappa shape index (κ2) is 2.28. The van der Waals surface area contributed by atoms with E-state index >= 15 is 0 Å². The first kappa shape index (κ1) is 5.06. The first-order chi connectivity index (χ1) is 3.39. The molecule has 0 N–H and O–H groups in total. The topological polar surface area (TPSA) is 31.5 Å². The highest BCUT2D eigenvalue weighted by Gasteiger charge is 2.08. The molecule has 0 bridgehead atoms. The average Bonchev–Trinajstić information content (AvgIpc) is 1.69. The summed E-state index contributed by atoms with van der Waals surface area (Å²) in [6.45, 7) is 0.737. The third-order valence-corrected chi connectivity index (χ3v) is 1.16. The Bertz CT molecular complexity index is 50.0. The molecule has 0 aliphatic carbocycles. The van der Waals surface area contributed by atoms with Crippen LogP contribution in [0.4, 0.5) is 0 Å². The molecule has 1 rings (SSSR count). The Morgan fingerprint density at radius 3 is 2.57 bits per heavy atom. The zero-order valence-electron chi connectivity index (χ0n) is 4.26. The lowest BCUT2D eigenvalue weighted by Crippen LogP contribution is -2.19. The van der Waals surface area contributed by atoms with Crippen molar-refractivity contribution in [3.63, 3.8) is 0 Å². The maximum Gasteiger partial charge on any atom is 0.141 e. The number of rotatable bonds is 0. The normalized spacial score (nSPS) is 33.0. The summed E-state index contributed by atoms with van der Waals surface area (Å²) in [5, 5.41) is 0. The van der Waals surface area contributed by atoms with E-state index in [1.54, 1.807) is 0 Å². The van der Waals surface area contributed by atoms with E-state index in [0.29, 0.717) is 0 Å². The van der Waals surface area contributed by atoms with E-state index in [1.807, 2.05) is 0 Å². The van der Waals surface area contributed by atoms with Crippen LogP contribution >= 0.6 is 0 Å². The maximum absolute atomic E-state index is 8.69. The number of nitrogens with zero attached hydrogens (tertiary/aromatic N) is 1. The summed E-state index contributed by atoms with van der Waals surface area (Å²) in [5.74, 6) is 0. The molecule has 1 atom stereocenters. The molecule has 1 aliphatic heterocycles. The Kier molecular flexibility index (Phi) is 1.65. The Hall–Kier alpha value is -0.0800. The molecule has 1 heterocycles. The number of hydrogen-bond acceptors (Lipinski definition) is 1. The molecule has 2 radical (unpaired) electrons. The molecule has 0 saturated carbocycles. The van der Waals surface area contributed by atoms with Gasteiger partial charge in [-0.05, 0) is 19.3 Å². The van der Waals surface area contributed by atoms with Crippen molar-refractivity contribution in [1.29, 1.82) is 0 Å². The standard InChI is InChI=1S/C5H9NO/c6-5-3-1-2-4-7-5/h5H,1-4H2. The van der Waals surface area contributed by atoms with E-state index in [4.69, 9.17) is 10.5 Å². The summed E-state index contributed by atoms with van der Waals surface area (Å²) in [5.41, 5.74) is 8.69. The lowest BCUT2D eigenvalue weighted by molar-refractivity contribution is 0.0157. The first-order valence-corrected chi connectivity index (χ1v) is 2.69. The molecule has 2 nitrogen and oxygen atoms in total. The Labute approximate surface area is 43.6 Å². The van der Waals surface area contributed by atoms with Crippen LogP contribution in [0.15, 0.2) is 0 Å². The Morgan fingerprint density at radius 2 is 2.29 bits per heavy atom. The smallest absolute Gasteiger partial charge is 0.141 e. The van der Waals surface area contributed by atoms with Gasteiger partial charge in [-0.3, -0.25) is 0 Å². The SMILES string of the molecule is [N]C1CCCCO1. The van der Waals surface area contributed by atoms with Crippen molar-refractivity contribution >= 4 is 0 Å². The van der Waals surface area contributed by atoms with Gasteiger partial charge in [0.25, 0.3) is 0 Å². The minimum atomic E-state index is -0.464. The van der Waals surface area contributed by atoms with Gasteiger partial charge in [0.2, 0.25) is 0 Å². The molecule has 40 valence electrons. The Balaban J connectivity index is 2.12. The van der Waals surface area contributed by atoms with Gasteiger partial charge in [0, 0.05) is 6.61 Å². The molecule has 1 fully saturated rings. The van der Waals surface area contributed by atoms with Gasteiger partial charge < -0.3 is 4.74 Å². The predicted octanol–water partition coefficient (Wildman–Crippen LogP) is 0.582. The van der Waals surface area contributed by atoms with Crippen molar-refractivity contribution in [2.24, 2.45) is 0 Å². The largest absolute Gasteiger partial charge is 0.360 e. The van der Waals surface area contributed by atoms with Gasteiger partial charge in [-0.25, -0.2) is 0 Å². The number of hydrogen-bond donors (Lipinski definition) is 0. The van der Waals surface area contributed by atoms with Crippen LogP contribution in [-0.2, 0) is 4.74 Å². The second-order valence-electron chi connectivity index (χ2n) is 1.82. The van der Waals surface area contributed by atoms with E-state index in [1.165, 1.54) is 0 Å². The fraction of sp³-hybridized carbons (Fsp3) is 1.00. The molecular formula is C5H9NO. The van der Waals surface area contributed by atoms with Gasteiger partial charge in [-0.2, -0.15) is 0 Å². The second-order valence-corrected chi connectivity index (χ2v) is 1.82. The maximum atomic E-state index is 8.69. The summed E-state index contributed by atoms with van der Waals surface area (Å²) in [6, 6.07) is 0. The summed E-state index contributed by atoms with van der Waals surface area (Å²) in [6.07, 6.45) is 2.58. The van der Waals surface area contributed by atoms with Crippen molar-refractivity contribution in [3.8, 4) is 0 Å². The highest BCUT2D eigenvalue weighted by molar-refractivity contribution is 4.53. The van der Waals surface area contributed by atoms with Crippen LogP contribution in [-0.4, -0.2) is 12.8 Å². The summed E-state index contributed by atoms with van der Waals surface area (Å²) in [4.78, 5) is 0. The molecule has 0 amide bonds. The lowest BCUT2D eigenvalue weighted by Gasteiger charge is -2.15. The van der Waals surface area contributed by atoms with Gasteiger partial charge in [0.15, 0.2) is 0 Å². The van der Waals surface area contributed by atoms with Gasteiger partial charge in [0.05, 0.1) is 0 Å². The zero-order valence-corrected chi connectivity index (χ0v) is 4.26. The molecule has 1 saturated heterocycles. The van der Waals surface area contributed by atoms with Crippen molar-refractivity contribution in [3.05, 3.63) is 0 Å². The van der Waals surface area contributed by atoms with Crippen molar-refractivity contribution < 1.29 is 4.74 Å². The molecule has 0 aromatic carbocycles. The van der Waals surface area contributed by atoms with Crippen LogP contribution < -0.4 is 5.73 Å².